The molecule has 6 heteroatoms. The Morgan fingerprint density at radius 2 is 1.84 bits per heavy atom. The summed E-state index contributed by atoms with van der Waals surface area (Å²) < 4.78 is 0. The van der Waals surface area contributed by atoms with Crippen LogP contribution in [0.5, 0.6) is 0 Å². The SMILES string of the molecule is CC(=O)N1CCC[C@@H]1C(=O)NCc1ccccc1N1CCN(C)CC1. The molecule has 2 aliphatic rings. The van der Waals surface area contributed by atoms with Gasteiger partial charge in [0.25, 0.3) is 0 Å². The summed E-state index contributed by atoms with van der Waals surface area (Å²) in [5.41, 5.74) is 2.33. The van der Waals surface area contributed by atoms with E-state index in [0.717, 1.165) is 44.6 Å². The summed E-state index contributed by atoms with van der Waals surface area (Å²) in [4.78, 5) is 30.6. The van der Waals surface area contributed by atoms with Crippen molar-refractivity contribution in [3.05, 3.63) is 29.8 Å². The molecule has 25 heavy (non-hydrogen) atoms. The van der Waals surface area contributed by atoms with E-state index in [1.54, 1.807) is 4.90 Å². The highest BCUT2D eigenvalue weighted by Crippen LogP contribution is 2.22. The molecule has 0 radical (unpaired) electrons. The molecule has 136 valence electrons. The van der Waals surface area contributed by atoms with Gasteiger partial charge in [-0.1, -0.05) is 18.2 Å². The van der Waals surface area contributed by atoms with E-state index in [0.29, 0.717) is 13.1 Å². The lowest BCUT2D eigenvalue weighted by Crippen LogP contribution is -2.46. The largest absolute Gasteiger partial charge is 0.369 e. The summed E-state index contributed by atoms with van der Waals surface area (Å²) in [6.07, 6.45) is 1.65. The van der Waals surface area contributed by atoms with Crippen LogP contribution in [-0.4, -0.2) is 67.4 Å². The topological polar surface area (TPSA) is 55.9 Å². The van der Waals surface area contributed by atoms with Crippen molar-refractivity contribution in [1.29, 1.82) is 0 Å². The zero-order chi connectivity index (χ0) is 17.8. The smallest absolute Gasteiger partial charge is 0.243 e. The predicted molar refractivity (Wildman–Crippen MR) is 98.4 cm³/mol. The molecule has 1 N–H and O–H groups in total. The monoisotopic (exact) mass is 344 g/mol. The van der Waals surface area contributed by atoms with E-state index in [-0.39, 0.29) is 17.9 Å². The van der Waals surface area contributed by atoms with E-state index in [9.17, 15) is 9.59 Å². The van der Waals surface area contributed by atoms with Crippen LogP contribution >= 0.6 is 0 Å². The second-order valence-corrected chi connectivity index (χ2v) is 7.01. The molecule has 6 nitrogen and oxygen atoms in total. The van der Waals surface area contributed by atoms with E-state index < -0.39 is 0 Å². The minimum atomic E-state index is -0.312. The van der Waals surface area contributed by atoms with E-state index in [1.807, 2.05) is 12.1 Å². The molecule has 2 saturated heterocycles. The summed E-state index contributed by atoms with van der Waals surface area (Å²) in [5.74, 6) is -0.0589. The van der Waals surface area contributed by atoms with Crippen molar-refractivity contribution in [2.45, 2.75) is 32.4 Å². The highest BCUT2D eigenvalue weighted by molar-refractivity contribution is 5.87. The minimum Gasteiger partial charge on any atom is -0.369 e. The number of piperazine rings is 1. The fourth-order valence-electron chi connectivity index (χ4n) is 3.73. The van der Waals surface area contributed by atoms with Crippen LogP contribution in [0.2, 0.25) is 0 Å². The molecule has 0 bridgehead atoms. The average molecular weight is 344 g/mol. The zero-order valence-electron chi connectivity index (χ0n) is 15.2. The maximum Gasteiger partial charge on any atom is 0.243 e. The number of rotatable bonds is 4. The Labute approximate surface area is 149 Å². The van der Waals surface area contributed by atoms with Crippen molar-refractivity contribution in [3.8, 4) is 0 Å². The summed E-state index contributed by atoms with van der Waals surface area (Å²) in [7, 11) is 2.14. The molecule has 2 fully saturated rings. The Bertz CT molecular complexity index is 626. The molecule has 2 heterocycles. The Balaban J connectivity index is 1.63. The molecule has 2 amide bonds. The first kappa shape index (κ1) is 17.7. The van der Waals surface area contributed by atoms with E-state index in [1.165, 1.54) is 12.6 Å². The quantitative estimate of drug-likeness (QED) is 0.888. The summed E-state index contributed by atoms with van der Waals surface area (Å²) in [6.45, 7) is 6.83. The maximum atomic E-state index is 12.5. The number of anilines is 1. The number of benzene rings is 1. The van der Waals surface area contributed by atoms with Crippen molar-refractivity contribution < 1.29 is 9.59 Å². The van der Waals surface area contributed by atoms with Crippen LogP contribution in [0.15, 0.2) is 24.3 Å². The molecular weight excluding hydrogens is 316 g/mol. The molecular formula is C19H28N4O2. The number of hydrogen-bond acceptors (Lipinski definition) is 4. The summed E-state index contributed by atoms with van der Waals surface area (Å²) >= 11 is 0. The van der Waals surface area contributed by atoms with Crippen LogP contribution in [0.25, 0.3) is 0 Å². The minimum absolute atomic E-state index is 0.0181. The molecule has 1 aromatic carbocycles. The van der Waals surface area contributed by atoms with Crippen molar-refractivity contribution in [2.75, 3.05) is 44.7 Å². The number of likely N-dealkylation sites (tertiary alicyclic amines) is 1. The van der Waals surface area contributed by atoms with Gasteiger partial charge in [-0.2, -0.15) is 0 Å². The summed E-state index contributed by atoms with van der Waals surface area (Å²) in [5, 5.41) is 3.04. The molecule has 1 aromatic rings. The molecule has 2 aliphatic heterocycles. The normalized spacial score (nSPS) is 21.4. The lowest BCUT2D eigenvalue weighted by atomic mass is 10.1. The molecule has 0 aliphatic carbocycles. The molecule has 0 saturated carbocycles. The lowest BCUT2D eigenvalue weighted by molar-refractivity contribution is -0.136. The highest BCUT2D eigenvalue weighted by Gasteiger charge is 2.32. The van der Waals surface area contributed by atoms with Crippen molar-refractivity contribution in [3.63, 3.8) is 0 Å². The fraction of sp³-hybridized carbons (Fsp3) is 0.579. The first-order valence-electron chi connectivity index (χ1n) is 9.12. The van der Waals surface area contributed by atoms with Crippen molar-refractivity contribution in [1.82, 2.24) is 15.1 Å². The Kier molecular flexibility index (Phi) is 5.58. The van der Waals surface area contributed by atoms with Crippen LogP contribution in [-0.2, 0) is 16.1 Å². The van der Waals surface area contributed by atoms with Gasteiger partial charge in [0.1, 0.15) is 6.04 Å². The van der Waals surface area contributed by atoms with Gasteiger partial charge in [-0.15, -0.1) is 0 Å². The van der Waals surface area contributed by atoms with Gasteiger partial charge in [-0.05, 0) is 31.5 Å². The van der Waals surface area contributed by atoms with Gasteiger partial charge in [-0.3, -0.25) is 9.59 Å². The van der Waals surface area contributed by atoms with Crippen LogP contribution in [0.3, 0.4) is 0 Å². The number of likely N-dealkylation sites (N-methyl/N-ethyl adjacent to an activating group) is 1. The predicted octanol–water partition coefficient (Wildman–Crippen LogP) is 1.07. The first-order valence-corrected chi connectivity index (χ1v) is 9.12. The second kappa shape index (κ2) is 7.87. The van der Waals surface area contributed by atoms with Crippen LogP contribution in [0.4, 0.5) is 5.69 Å². The fourth-order valence-corrected chi connectivity index (χ4v) is 3.73. The third-order valence-corrected chi connectivity index (χ3v) is 5.25. The molecule has 3 rings (SSSR count). The Morgan fingerprint density at radius 1 is 1.12 bits per heavy atom. The van der Waals surface area contributed by atoms with Crippen molar-refractivity contribution in [2.24, 2.45) is 0 Å². The van der Waals surface area contributed by atoms with Gasteiger partial charge >= 0.3 is 0 Å². The number of carbonyl (C=O) groups is 2. The molecule has 0 spiro atoms. The Hall–Kier alpha value is -2.08. The van der Waals surface area contributed by atoms with Crippen LogP contribution < -0.4 is 10.2 Å². The highest BCUT2D eigenvalue weighted by atomic mass is 16.2. The Morgan fingerprint density at radius 3 is 2.56 bits per heavy atom. The van der Waals surface area contributed by atoms with Gasteiger partial charge in [0.15, 0.2) is 0 Å². The number of hydrogen-bond donors (Lipinski definition) is 1. The number of carbonyl (C=O) groups excluding carboxylic acids is 2. The summed E-state index contributed by atoms with van der Waals surface area (Å²) in [6, 6.07) is 7.95. The van der Waals surface area contributed by atoms with Crippen LogP contribution in [0, 0.1) is 0 Å². The van der Waals surface area contributed by atoms with E-state index in [2.05, 4.69) is 34.3 Å². The standard InChI is InChI=1S/C19H28N4O2/c1-15(24)23-9-5-8-18(23)19(25)20-14-16-6-3-4-7-17(16)22-12-10-21(2)11-13-22/h3-4,6-7,18H,5,8-14H2,1-2H3,(H,20,25)/t18-/m1/s1. The van der Waals surface area contributed by atoms with E-state index in [4.69, 9.17) is 0 Å². The third-order valence-electron chi connectivity index (χ3n) is 5.25. The number of amides is 2. The van der Waals surface area contributed by atoms with Gasteiger partial charge < -0.3 is 20.0 Å². The molecule has 0 aromatic heterocycles. The zero-order valence-corrected chi connectivity index (χ0v) is 15.2. The maximum absolute atomic E-state index is 12.5. The number of nitrogens with one attached hydrogen (secondary N) is 1. The van der Waals surface area contributed by atoms with Crippen LogP contribution in [0.1, 0.15) is 25.3 Å². The second-order valence-electron chi connectivity index (χ2n) is 7.01. The van der Waals surface area contributed by atoms with Gasteiger partial charge in [-0.25, -0.2) is 0 Å². The average Bonchev–Trinajstić information content (AvgIpc) is 3.11. The third kappa shape index (κ3) is 4.12. The molecule has 0 unspecified atom stereocenters. The van der Waals surface area contributed by atoms with Crippen molar-refractivity contribution >= 4 is 17.5 Å². The van der Waals surface area contributed by atoms with E-state index >= 15 is 0 Å². The van der Waals surface area contributed by atoms with Gasteiger partial charge in [0, 0.05) is 51.9 Å². The first-order chi connectivity index (χ1) is 12.1. The number of para-hydroxylation sites is 1. The van der Waals surface area contributed by atoms with Gasteiger partial charge in [0.05, 0.1) is 0 Å². The lowest BCUT2D eigenvalue weighted by Gasteiger charge is -2.35. The number of nitrogens with zero attached hydrogens (tertiary/aromatic N) is 3. The molecule has 1 atom stereocenters. The van der Waals surface area contributed by atoms with Gasteiger partial charge in [0.2, 0.25) is 11.8 Å².